The van der Waals surface area contributed by atoms with E-state index in [0.717, 1.165) is 17.7 Å². The number of rotatable bonds is 6. The van der Waals surface area contributed by atoms with E-state index in [2.05, 4.69) is 23.1 Å². The van der Waals surface area contributed by atoms with Crippen molar-refractivity contribution in [2.75, 3.05) is 14.1 Å². The lowest BCUT2D eigenvalue weighted by atomic mass is 10.0. The van der Waals surface area contributed by atoms with Gasteiger partial charge in [0.2, 0.25) is 0 Å². The molecule has 0 saturated heterocycles. The summed E-state index contributed by atoms with van der Waals surface area (Å²) < 4.78 is 5.34. The molecule has 1 atom stereocenters. The Labute approximate surface area is 131 Å². The second kappa shape index (κ2) is 7.09. The summed E-state index contributed by atoms with van der Waals surface area (Å²) in [5, 5.41) is 8.85. The third kappa shape index (κ3) is 4.33. The highest BCUT2D eigenvalue weighted by atomic mass is 16.5. The van der Waals surface area contributed by atoms with E-state index < -0.39 is 12.1 Å². The topological polar surface area (TPSA) is 49.8 Å². The summed E-state index contributed by atoms with van der Waals surface area (Å²) in [6, 6.07) is 15.9. The molecule has 22 heavy (non-hydrogen) atoms. The number of carboxylic acids is 1. The van der Waals surface area contributed by atoms with Gasteiger partial charge in [-0.3, -0.25) is 0 Å². The van der Waals surface area contributed by atoms with Crippen LogP contribution in [0.15, 0.2) is 48.5 Å². The van der Waals surface area contributed by atoms with E-state index in [-0.39, 0.29) is 0 Å². The van der Waals surface area contributed by atoms with E-state index in [4.69, 9.17) is 9.84 Å². The van der Waals surface area contributed by atoms with Gasteiger partial charge in [0.05, 0.1) is 0 Å². The molecule has 4 heteroatoms. The van der Waals surface area contributed by atoms with Gasteiger partial charge in [0.1, 0.15) is 5.75 Å². The number of nitrogens with zero attached hydrogens (tertiary/aromatic N) is 1. The van der Waals surface area contributed by atoms with Gasteiger partial charge in [0.25, 0.3) is 0 Å². The summed E-state index contributed by atoms with van der Waals surface area (Å²) >= 11 is 0. The number of benzene rings is 2. The molecule has 1 unspecified atom stereocenters. The van der Waals surface area contributed by atoms with Crippen molar-refractivity contribution in [1.29, 1.82) is 0 Å². The van der Waals surface area contributed by atoms with E-state index in [0.29, 0.717) is 5.75 Å². The van der Waals surface area contributed by atoms with Crippen LogP contribution in [0.1, 0.15) is 12.5 Å². The molecule has 0 fully saturated rings. The molecular weight excluding hydrogens is 278 g/mol. The van der Waals surface area contributed by atoms with E-state index >= 15 is 0 Å². The molecule has 0 bridgehead atoms. The average molecular weight is 299 g/mol. The van der Waals surface area contributed by atoms with Crippen molar-refractivity contribution in [3.8, 4) is 16.9 Å². The number of hydrogen-bond donors (Lipinski definition) is 1. The summed E-state index contributed by atoms with van der Waals surface area (Å²) in [4.78, 5) is 12.9. The Bertz CT molecular complexity index is 635. The fourth-order valence-corrected chi connectivity index (χ4v) is 2.19. The van der Waals surface area contributed by atoms with Crippen LogP contribution in [0.25, 0.3) is 11.1 Å². The summed E-state index contributed by atoms with van der Waals surface area (Å²) in [5.74, 6) is -0.413. The third-order valence-corrected chi connectivity index (χ3v) is 3.27. The van der Waals surface area contributed by atoms with Crippen molar-refractivity contribution in [3.63, 3.8) is 0 Å². The van der Waals surface area contributed by atoms with Gasteiger partial charge in [-0.15, -0.1) is 0 Å². The van der Waals surface area contributed by atoms with Crippen LogP contribution < -0.4 is 4.74 Å². The van der Waals surface area contributed by atoms with E-state index in [1.807, 2.05) is 32.3 Å². The predicted octanol–water partition coefficient (Wildman–Crippen LogP) is 3.27. The molecular formula is C18H21NO3. The van der Waals surface area contributed by atoms with Crippen LogP contribution in [0.5, 0.6) is 5.75 Å². The monoisotopic (exact) mass is 299 g/mol. The lowest BCUT2D eigenvalue weighted by molar-refractivity contribution is -0.144. The molecule has 4 nitrogen and oxygen atoms in total. The normalized spacial score (nSPS) is 12.2. The summed E-state index contributed by atoms with van der Waals surface area (Å²) in [6.07, 6.45) is -0.853. The van der Waals surface area contributed by atoms with E-state index in [1.165, 1.54) is 12.5 Å². The number of hydrogen-bond acceptors (Lipinski definition) is 3. The largest absolute Gasteiger partial charge is 0.479 e. The van der Waals surface area contributed by atoms with Crippen molar-refractivity contribution in [2.24, 2.45) is 0 Å². The Balaban J connectivity index is 2.15. The lowest BCUT2D eigenvalue weighted by Gasteiger charge is -2.12. The first-order valence-electron chi connectivity index (χ1n) is 7.19. The maximum Gasteiger partial charge on any atom is 0.344 e. The van der Waals surface area contributed by atoms with Crippen LogP contribution in [0.4, 0.5) is 0 Å². The van der Waals surface area contributed by atoms with Gasteiger partial charge in [-0.05, 0) is 55.9 Å². The minimum atomic E-state index is -0.972. The standard InChI is InChI=1S/C18H21NO3/c1-13(18(20)21)22-17-9-7-15(8-10-17)16-6-4-5-14(11-16)12-19(2)3/h4-11,13H,12H2,1-3H3,(H,20,21). The smallest absolute Gasteiger partial charge is 0.344 e. The molecule has 116 valence electrons. The molecule has 2 aromatic carbocycles. The van der Waals surface area contributed by atoms with Gasteiger partial charge in [-0.2, -0.15) is 0 Å². The quantitative estimate of drug-likeness (QED) is 0.889. The SMILES string of the molecule is CC(Oc1ccc(-c2cccc(CN(C)C)c2)cc1)C(=O)O. The van der Waals surface area contributed by atoms with Gasteiger partial charge in [0, 0.05) is 6.54 Å². The van der Waals surface area contributed by atoms with Crippen LogP contribution in [0, 0.1) is 0 Å². The first kappa shape index (κ1) is 16.0. The van der Waals surface area contributed by atoms with Crippen LogP contribution in [-0.4, -0.2) is 36.2 Å². The average Bonchev–Trinajstić information content (AvgIpc) is 2.47. The Morgan fingerprint density at radius 3 is 2.41 bits per heavy atom. The summed E-state index contributed by atoms with van der Waals surface area (Å²) in [7, 11) is 4.09. The molecule has 0 heterocycles. The van der Waals surface area contributed by atoms with Crippen LogP contribution >= 0.6 is 0 Å². The Hall–Kier alpha value is -2.33. The molecule has 0 amide bonds. The minimum absolute atomic E-state index is 0.558. The van der Waals surface area contributed by atoms with Gasteiger partial charge in [-0.1, -0.05) is 30.3 Å². The minimum Gasteiger partial charge on any atom is -0.479 e. The molecule has 0 saturated carbocycles. The van der Waals surface area contributed by atoms with Crippen LogP contribution in [-0.2, 0) is 11.3 Å². The highest BCUT2D eigenvalue weighted by molar-refractivity contribution is 5.72. The Morgan fingerprint density at radius 2 is 1.82 bits per heavy atom. The molecule has 0 aliphatic heterocycles. The highest BCUT2D eigenvalue weighted by Gasteiger charge is 2.12. The zero-order chi connectivity index (χ0) is 16.1. The molecule has 2 rings (SSSR count). The molecule has 2 aromatic rings. The first-order chi connectivity index (χ1) is 10.5. The van der Waals surface area contributed by atoms with Gasteiger partial charge in [0.15, 0.2) is 6.10 Å². The zero-order valence-electron chi connectivity index (χ0n) is 13.1. The predicted molar refractivity (Wildman–Crippen MR) is 87.0 cm³/mol. The van der Waals surface area contributed by atoms with Gasteiger partial charge >= 0.3 is 5.97 Å². The van der Waals surface area contributed by atoms with Gasteiger partial charge in [-0.25, -0.2) is 4.79 Å². The highest BCUT2D eigenvalue weighted by Crippen LogP contribution is 2.24. The van der Waals surface area contributed by atoms with E-state index in [9.17, 15) is 4.79 Å². The fourth-order valence-electron chi connectivity index (χ4n) is 2.19. The lowest BCUT2D eigenvalue weighted by Crippen LogP contribution is -2.22. The van der Waals surface area contributed by atoms with Crippen LogP contribution in [0.2, 0.25) is 0 Å². The second-order valence-electron chi connectivity index (χ2n) is 5.56. The fraction of sp³-hybridized carbons (Fsp3) is 0.278. The first-order valence-corrected chi connectivity index (χ1v) is 7.19. The molecule has 0 spiro atoms. The number of aliphatic carboxylic acids is 1. The maximum absolute atomic E-state index is 10.8. The van der Waals surface area contributed by atoms with Crippen molar-refractivity contribution in [1.82, 2.24) is 4.90 Å². The zero-order valence-corrected chi connectivity index (χ0v) is 13.1. The third-order valence-electron chi connectivity index (χ3n) is 3.27. The van der Waals surface area contributed by atoms with E-state index in [1.54, 1.807) is 12.1 Å². The molecule has 0 aliphatic carbocycles. The van der Waals surface area contributed by atoms with Crippen molar-refractivity contribution in [3.05, 3.63) is 54.1 Å². The molecule has 0 radical (unpaired) electrons. The maximum atomic E-state index is 10.8. The Morgan fingerprint density at radius 1 is 1.14 bits per heavy atom. The van der Waals surface area contributed by atoms with Crippen molar-refractivity contribution in [2.45, 2.75) is 19.6 Å². The van der Waals surface area contributed by atoms with Gasteiger partial charge < -0.3 is 14.7 Å². The summed E-state index contributed by atoms with van der Waals surface area (Å²) in [5.41, 5.74) is 3.47. The second-order valence-corrected chi connectivity index (χ2v) is 5.56. The molecule has 1 N–H and O–H groups in total. The summed E-state index contributed by atoms with van der Waals surface area (Å²) in [6.45, 7) is 2.41. The number of carboxylic acid groups (broad SMARTS) is 1. The molecule has 0 aromatic heterocycles. The van der Waals surface area contributed by atoms with Crippen molar-refractivity contribution >= 4 is 5.97 Å². The Kier molecular flexibility index (Phi) is 5.17. The molecule has 0 aliphatic rings. The number of ether oxygens (including phenoxy) is 1. The van der Waals surface area contributed by atoms with Crippen molar-refractivity contribution < 1.29 is 14.6 Å². The van der Waals surface area contributed by atoms with Crippen LogP contribution in [0.3, 0.4) is 0 Å². The number of carbonyl (C=O) groups is 1.